The molecular formula is C12H21NOS. The largest absolute Gasteiger partial charge is 0.394 e. The highest BCUT2D eigenvalue weighted by Gasteiger charge is 2.16. The molecule has 1 aromatic rings. The molecule has 0 amide bonds. The minimum Gasteiger partial charge on any atom is -0.394 e. The summed E-state index contributed by atoms with van der Waals surface area (Å²) in [6.07, 6.45) is 1.08. The second kappa shape index (κ2) is 5.64. The van der Waals surface area contributed by atoms with Crippen LogP contribution in [0.1, 0.15) is 41.6 Å². The van der Waals surface area contributed by atoms with Crippen molar-refractivity contribution in [1.82, 2.24) is 5.32 Å². The first-order valence-corrected chi connectivity index (χ1v) is 6.34. The van der Waals surface area contributed by atoms with Crippen LogP contribution in [0.15, 0.2) is 6.07 Å². The van der Waals surface area contributed by atoms with E-state index in [0.717, 1.165) is 6.42 Å². The number of aliphatic hydroxyl groups excluding tert-OH is 1. The summed E-state index contributed by atoms with van der Waals surface area (Å²) in [5.74, 6) is 0. The summed E-state index contributed by atoms with van der Waals surface area (Å²) in [5.41, 5.74) is 1.25. The van der Waals surface area contributed by atoms with Gasteiger partial charge in [-0.05, 0) is 38.8 Å². The zero-order chi connectivity index (χ0) is 11.4. The van der Waals surface area contributed by atoms with Gasteiger partial charge in [0.1, 0.15) is 0 Å². The van der Waals surface area contributed by atoms with E-state index in [4.69, 9.17) is 0 Å². The fourth-order valence-electron chi connectivity index (χ4n) is 1.70. The van der Waals surface area contributed by atoms with Crippen molar-refractivity contribution in [2.75, 3.05) is 6.61 Å². The minimum absolute atomic E-state index is 0.0879. The third-order valence-electron chi connectivity index (χ3n) is 2.74. The predicted octanol–water partition coefficient (Wildman–Crippen LogP) is 2.79. The number of aryl methyl sites for hydroxylation is 2. The Bertz CT molecular complexity index is 309. The molecule has 0 spiro atoms. The van der Waals surface area contributed by atoms with Gasteiger partial charge in [0.2, 0.25) is 0 Å². The van der Waals surface area contributed by atoms with Crippen LogP contribution >= 0.6 is 11.3 Å². The fraction of sp³-hybridized carbons (Fsp3) is 0.667. The van der Waals surface area contributed by atoms with Crippen LogP contribution in [0, 0.1) is 13.8 Å². The maximum absolute atomic E-state index is 9.40. The normalized spacial score (nSPS) is 15.3. The summed E-state index contributed by atoms with van der Waals surface area (Å²) in [6, 6.07) is 2.71. The number of hydrogen-bond acceptors (Lipinski definition) is 3. The molecule has 0 saturated heterocycles. The van der Waals surface area contributed by atoms with Crippen molar-refractivity contribution < 1.29 is 5.11 Å². The van der Waals surface area contributed by atoms with Gasteiger partial charge in [-0.2, -0.15) is 0 Å². The van der Waals surface area contributed by atoms with E-state index in [9.17, 15) is 5.11 Å². The maximum atomic E-state index is 9.40. The van der Waals surface area contributed by atoms with E-state index in [0.29, 0.717) is 6.04 Å². The SMILES string of the molecule is CCC(C)NC(CO)c1cc(C)sc1C. The first kappa shape index (κ1) is 12.7. The molecule has 0 aliphatic carbocycles. The molecule has 2 nitrogen and oxygen atoms in total. The molecule has 0 saturated carbocycles. The highest BCUT2D eigenvalue weighted by Crippen LogP contribution is 2.26. The Labute approximate surface area is 96.3 Å². The van der Waals surface area contributed by atoms with Crippen LogP contribution < -0.4 is 5.32 Å². The Hall–Kier alpha value is -0.380. The molecule has 2 unspecified atom stereocenters. The first-order valence-electron chi connectivity index (χ1n) is 5.52. The summed E-state index contributed by atoms with van der Waals surface area (Å²) in [7, 11) is 0. The zero-order valence-electron chi connectivity index (χ0n) is 10.0. The molecule has 0 aromatic carbocycles. The molecular weight excluding hydrogens is 206 g/mol. The van der Waals surface area contributed by atoms with E-state index in [1.54, 1.807) is 11.3 Å². The number of thiophene rings is 1. The van der Waals surface area contributed by atoms with Gasteiger partial charge in [-0.25, -0.2) is 0 Å². The monoisotopic (exact) mass is 227 g/mol. The van der Waals surface area contributed by atoms with Gasteiger partial charge >= 0.3 is 0 Å². The highest BCUT2D eigenvalue weighted by molar-refractivity contribution is 7.12. The number of aliphatic hydroxyl groups is 1. The van der Waals surface area contributed by atoms with Crippen molar-refractivity contribution in [2.24, 2.45) is 0 Å². The van der Waals surface area contributed by atoms with Crippen molar-refractivity contribution in [2.45, 2.75) is 46.2 Å². The van der Waals surface area contributed by atoms with Crippen LogP contribution in [-0.4, -0.2) is 17.8 Å². The van der Waals surface area contributed by atoms with Crippen molar-refractivity contribution in [1.29, 1.82) is 0 Å². The topological polar surface area (TPSA) is 32.3 Å². The molecule has 0 fully saturated rings. The fourth-order valence-corrected chi connectivity index (χ4v) is 2.69. The lowest BCUT2D eigenvalue weighted by Crippen LogP contribution is -2.32. The highest BCUT2D eigenvalue weighted by atomic mass is 32.1. The quantitative estimate of drug-likeness (QED) is 0.810. The van der Waals surface area contributed by atoms with E-state index in [-0.39, 0.29) is 12.6 Å². The number of hydrogen-bond donors (Lipinski definition) is 2. The Kier molecular flexibility index (Phi) is 4.77. The second-order valence-electron chi connectivity index (χ2n) is 4.08. The van der Waals surface area contributed by atoms with E-state index in [1.807, 2.05) is 0 Å². The molecule has 1 aromatic heterocycles. The Morgan fingerprint density at radius 2 is 2.13 bits per heavy atom. The van der Waals surface area contributed by atoms with Crippen LogP contribution in [0.25, 0.3) is 0 Å². The second-order valence-corrected chi connectivity index (χ2v) is 5.54. The van der Waals surface area contributed by atoms with E-state index in [1.165, 1.54) is 15.3 Å². The average molecular weight is 227 g/mol. The van der Waals surface area contributed by atoms with Gasteiger partial charge in [-0.15, -0.1) is 11.3 Å². The maximum Gasteiger partial charge on any atom is 0.0627 e. The molecule has 0 radical (unpaired) electrons. The molecule has 0 aliphatic rings. The minimum atomic E-state index is 0.0879. The van der Waals surface area contributed by atoms with Crippen molar-refractivity contribution in [3.63, 3.8) is 0 Å². The van der Waals surface area contributed by atoms with Gasteiger partial charge in [0, 0.05) is 15.8 Å². The van der Waals surface area contributed by atoms with Crippen molar-refractivity contribution in [3.8, 4) is 0 Å². The van der Waals surface area contributed by atoms with Crippen molar-refractivity contribution >= 4 is 11.3 Å². The lowest BCUT2D eigenvalue weighted by Gasteiger charge is -2.20. The van der Waals surface area contributed by atoms with E-state index >= 15 is 0 Å². The third-order valence-corrected chi connectivity index (χ3v) is 3.72. The van der Waals surface area contributed by atoms with Gasteiger partial charge in [-0.1, -0.05) is 6.92 Å². The molecule has 0 bridgehead atoms. The van der Waals surface area contributed by atoms with Gasteiger partial charge in [0.05, 0.1) is 12.6 Å². The van der Waals surface area contributed by atoms with Gasteiger partial charge in [0.15, 0.2) is 0 Å². The number of nitrogens with one attached hydrogen (secondary N) is 1. The van der Waals surface area contributed by atoms with Crippen LogP contribution in [-0.2, 0) is 0 Å². The third kappa shape index (κ3) is 3.30. The zero-order valence-corrected chi connectivity index (χ0v) is 10.8. The van der Waals surface area contributed by atoms with Crippen LogP contribution in [0.2, 0.25) is 0 Å². The summed E-state index contributed by atoms with van der Waals surface area (Å²) < 4.78 is 0. The first-order chi connectivity index (χ1) is 7.08. The molecule has 2 atom stereocenters. The molecule has 86 valence electrons. The Balaban J connectivity index is 2.78. The lowest BCUT2D eigenvalue weighted by molar-refractivity contribution is 0.234. The van der Waals surface area contributed by atoms with E-state index in [2.05, 4.69) is 39.1 Å². The van der Waals surface area contributed by atoms with Crippen molar-refractivity contribution in [3.05, 3.63) is 21.4 Å². The standard InChI is InChI=1S/C12H21NOS/c1-5-8(2)13-12(7-14)11-6-9(3)15-10(11)4/h6,8,12-14H,5,7H2,1-4H3. The average Bonchev–Trinajstić information content (AvgIpc) is 2.54. The summed E-state index contributed by atoms with van der Waals surface area (Å²) >= 11 is 1.80. The van der Waals surface area contributed by atoms with Gasteiger partial charge in [-0.3, -0.25) is 0 Å². The van der Waals surface area contributed by atoms with Crippen LogP contribution in [0.4, 0.5) is 0 Å². The van der Waals surface area contributed by atoms with Gasteiger partial charge in [0.25, 0.3) is 0 Å². The smallest absolute Gasteiger partial charge is 0.0627 e. The molecule has 15 heavy (non-hydrogen) atoms. The predicted molar refractivity (Wildman–Crippen MR) is 66.5 cm³/mol. The molecule has 1 rings (SSSR count). The molecule has 0 aliphatic heterocycles. The van der Waals surface area contributed by atoms with Crippen LogP contribution in [0.3, 0.4) is 0 Å². The van der Waals surface area contributed by atoms with Crippen LogP contribution in [0.5, 0.6) is 0 Å². The van der Waals surface area contributed by atoms with E-state index < -0.39 is 0 Å². The Morgan fingerprint density at radius 3 is 2.53 bits per heavy atom. The summed E-state index contributed by atoms with van der Waals surface area (Å²) in [6.45, 7) is 8.70. The molecule has 2 N–H and O–H groups in total. The summed E-state index contributed by atoms with van der Waals surface area (Å²) in [5, 5.41) is 12.8. The number of rotatable bonds is 5. The molecule has 1 heterocycles. The lowest BCUT2D eigenvalue weighted by atomic mass is 10.1. The van der Waals surface area contributed by atoms with Gasteiger partial charge < -0.3 is 10.4 Å². The Morgan fingerprint density at radius 1 is 1.47 bits per heavy atom. The molecule has 3 heteroatoms. The summed E-state index contributed by atoms with van der Waals surface area (Å²) in [4.78, 5) is 2.62.